The van der Waals surface area contributed by atoms with Gasteiger partial charge in [-0.2, -0.15) is 0 Å². The van der Waals surface area contributed by atoms with Crippen molar-refractivity contribution in [1.82, 2.24) is 20.2 Å². The predicted molar refractivity (Wildman–Crippen MR) is 64.3 cm³/mol. The topological polar surface area (TPSA) is 41.1 Å². The van der Waals surface area contributed by atoms with E-state index < -0.39 is 0 Å². The molecule has 0 bridgehead atoms. The maximum atomic E-state index is 4.62. The highest BCUT2D eigenvalue weighted by Crippen LogP contribution is 2.25. The van der Waals surface area contributed by atoms with Gasteiger partial charge in [0.15, 0.2) is 0 Å². The summed E-state index contributed by atoms with van der Waals surface area (Å²) in [5.41, 5.74) is 1.22. The summed E-state index contributed by atoms with van der Waals surface area (Å²) in [6.07, 6.45) is 4.31. The van der Waals surface area contributed by atoms with Crippen molar-refractivity contribution in [3.05, 3.63) is 23.8 Å². The Kier molecular flexibility index (Phi) is 3.85. The first-order chi connectivity index (χ1) is 7.79. The minimum absolute atomic E-state index is 0.620. The summed E-state index contributed by atoms with van der Waals surface area (Å²) >= 11 is 0. The van der Waals surface area contributed by atoms with E-state index >= 15 is 0 Å². The molecule has 2 heterocycles. The molecule has 1 N–H and O–H groups in total. The third-order valence-electron chi connectivity index (χ3n) is 3.20. The standard InChI is InChI=1S/C12H20N4/c1-13-9-12-14-6-3-11(15-12)10-4-7-16(2)8-5-10/h3,6,10,13H,4-5,7-9H2,1-2H3. The van der Waals surface area contributed by atoms with Crippen LogP contribution in [-0.2, 0) is 6.54 Å². The van der Waals surface area contributed by atoms with Crippen LogP contribution in [0.15, 0.2) is 12.3 Å². The molecule has 1 aromatic heterocycles. The summed E-state index contributed by atoms with van der Waals surface area (Å²) in [5, 5.41) is 3.09. The SMILES string of the molecule is CNCc1nccc(C2CCN(C)CC2)n1. The highest BCUT2D eigenvalue weighted by Gasteiger charge is 2.19. The lowest BCUT2D eigenvalue weighted by molar-refractivity contribution is 0.253. The molecule has 1 aliphatic heterocycles. The summed E-state index contributed by atoms with van der Waals surface area (Å²) in [6, 6.07) is 2.06. The third-order valence-corrected chi connectivity index (χ3v) is 3.20. The molecular weight excluding hydrogens is 200 g/mol. The first-order valence-electron chi connectivity index (χ1n) is 5.94. The van der Waals surface area contributed by atoms with Crippen LogP contribution < -0.4 is 5.32 Å². The number of nitrogens with one attached hydrogen (secondary N) is 1. The molecule has 0 atom stereocenters. The van der Waals surface area contributed by atoms with Crippen molar-refractivity contribution in [1.29, 1.82) is 0 Å². The van der Waals surface area contributed by atoms with Gasteiger partial charge in [-0.15, -0.1) is 0 Å². The van der Waals surface area contributed by atoms with E-state index in [-0.39, 0.29) is 0 Å². The van der Waals surface area contributed by atoms with Crippen molar-refractivity contribution in [2.75, 3.05) is 27.2 Å². The van der Waals surface area contributed by atoms with E-state index in [1.54, 1.807) is 0 Å². The minimum Gasteiger partial charge on any atom is -0.313 e. The van der Waals surface area contributed by atoms with Gasteiger partial charge in [0.25, 0.3) is 0 Å². The Morgan fingerprint density at radius 1 is 1.44 bits per heavy atom. The van der Waals surface area contributed by atoms with Crippen molar-refractivity contribution < 1.29 is 0 Å². The normalized spacial score (nSPS) is 18.9. The lowest BCUT2D eigenvalue weighted by Crippen LogP contribution is -2.29. The summed E-state index contributed by atoms with van der Waals surface area (Å²) in [4.78, 5) is 11.3. The van der Waals surface area contributed by atoms with Crippen LogP contribution in [0.2, 0.25) is 0 Å². The summed E-state index contributed by atoms with van der Waals surface area (Å²) in [7, 11) is 4.11. The monoisotopic (exact) mass is 220 g/mol. The Morgan fingerprint density at radius 3 is 2.88 bits per heavy atom. The van der Waals surface area contributed by atoms with Crippen LogP contribution in [0.25, 0.3) is 0 Å². The van der Waals surface area contributed by atoms with Crippen molar-refractivity contribution >= 4 is 0 Å². The fourth-order valence-electron chi connectivity index (χ4n) is 2.19. The quantitative estimate of drug-likeness (QED) is 0.825. The van der Waals surface area contributed by atoms with Gasteiger partial charge in [0.05, 0.1) is 6.54 Å². The highest BCUT2D eigenvalue weighted by molar-refractivity contribution is 5.09. The minimum atomic E-state index is 0.620. The van der Waals surface area contributed by atoms with Crippen LogP contribution >= 0.6 is 0 Å². The molecule has 1 aliphatic rings. The smallest absolute Gasteiger partial charge is 0.142 e. The Morgan fingerprint density at radius 2 is 2.19 bits per heavy atom. The molecule has 2 rings (SSSR count). The van der Waals surface area contributed by atoms with Crippen molar-refractivity contribution in [3.8, 4) is 0 Å². The van der Waals surface area contributed by atoms with Gasteiger partial charge < -0.3 is 10.2 Å². The summed E-state index contributed by atoms with van der Waals surface area (Å²) in [5.74, 6) is 1.52. The largest absolute Gasteiger partial charge is 0.313 e. The van der Waals surface area contributed by atoms with Gasteiger partial charge >= 0.3 is 0 Å². The molecule has 0 aromatic carbocycles. The van der Waals surface area contributed by atoms with E-state index in [0.717, 1.165) is 12.4 Å². The molecule has 16 heavy (non-hydrogen) atoms. The number of hydrogen-bond donors (Lipinski definition) is 1. The Hall–Kier alpha value is -1.00. The molecule has 0 spiro atoms. The zero-order chi connectivity index (χ0) is 11.4. The molecule has 1 saturated heterocycles. The number of rotatable bonds is 3. The van der Waals surface area contributed by atoms with Crippen molar-refractivity contribution in [2.45, 2.75) is 25.3 Å². The first kappa shape index (κ1) is 11.5. The van der Waals surface area contributed by atoms with E-state index in [1.165, 1.54) is 31.6 Å². The first-order valence-corrected chi connectivity index (χ1v) is 5.94. The number of piperidine rings is 1. The Balaban J connectivity index is 2.05. The molecule has 1 fully saturated rings. The lowest BCUT2D eigenvalue weighted by atomic mass is 9.93. The van der Waals surface area contributed by atoms with Crippen molar-refractivity contribution in [3.63, 3.8) is 0 Å². The fraction of sp³-hybridized carbons (Fsp3) is 0.667. The van der Waals surface area contributed by atoms with Crippen LogP contribution in [0.5, 0.6) is 0 Å². The molecular formula is C12H20N4. The lowest BCUT2D eigenvalue weighted by Gasteiger charge is -2.28. The average molecular weight is 220 g/mol. The van der Waals surface area contributed by atoms with Crippen LogP contribution in [-0.4, -0.2) is 42.1 Å². The molecule has 4 nitrogen and oxygen atoms in total. The maximum absolute atomic E-state index is 4.62. The number of aromatic nitrogens is 2. The Bertz CT molecular complexity index is 332. The van der Waals surface area contributed by atoms with E-state index in [2.05, 4.69) is 33.3 Å². The van der Waals surface area contributed by atoms with E-state index in [9.17, 15) is 0 Å². The number of nitrogens with zero attached hydrogens (tertiary/aromatic N) is 3. The van der Waals surface area contributed by atoms with E-state index in [0.29, 0.717) is 5.92 Å². The van der Waals surface area contributed by atoms with Crippen LogP contribution in [0.4, 0.5) is 0 Å². The van der Waals surface area contributed by atoms with Gasteiger partial charge in [-0.05, 0) is 46.1 Å². The summed E-state index contributed by atoms with van der Waals surface area (Å²) in [6.45, 7) is 3.10. The second-order valence-corrected chi connectivity index (χ2v) is 4.51. The zero-order valence-corrected chi connectivity index (χ0v) is 10.1. The van der Waals surface area contributed by atoms with E-state index in [4.69, 9.17) is 0 Å². The fourth-order valence-corrected chi connectivity index (χ4v) is 2.19. The van der Waals surface area contributed by atoms with Gasteiger partial charge in [0, 0.05) is 17.8 Å². The third kappa shape index (κ3) is 2.77. The second-order valence-electron chi connectivity index (χ2n) is 4.51. The molecule has 0 saturated carbocycles. The highest BCUT2D eigenvalue weighted by atomic mass is 15.1. The van der Waals surface area contributed by atoms with E-state index in [1.807, 2.05) is 13.2 Å². The predicted octanol–water partition coefficient (Wildman–Crippen LogP) is 1.01. The van der Waals surface area contributed by atoms with Crippen LogP contribution in [0.1, 0.15) is 30.3 Å². The van der Waals surface area contributed by atoms with Gasteiger partial charge in [-0.3, -0.25) is 0 Å². The van der Waals surface area contributed by atoms with Gasteiger partial charge in [-0.1, -0.05) is 0 Å². The van der Waals surface area contributed by atoms with Gasteiger partial charge in [0.2, 0.25) is 0 Å². The molecule has 1 aromatic rings. The average Bonchev–Trinajstić information content (AvgIpc) is 2.31. The molecule has 0 aliphatic carbocycles. The molecule has 0 radical (unpaired) electrons. The molecule has 88 valence electrons. The van der Waals surface area contributed by atoms with Crippen LogP contribution in [0, 0.1) is 0 Å². The zero-order valence-electron chi connectivity index (χ0n) is 10.1. The molecule has 4 heteroatoms. The van der Waals surface area contributed by atoms with Gasteiger partial charge in [-0.25, -0.2) is 9.97 Å². The Labute approximate surface area is 97.1 Å². The maximum Gasteiger partial charge on any atom is 0.142 e. The number of hydrogen-bond acceptors (Lipinski definition) is 4. The number of likely N-dealkylation sites (tertiary alicyclic amines) is 1. The van der Waals surface area contributed by atoms with Crippen LogP contribution in [0.3, 0.4) is 0 Å². The molecule has 0 unspecified atom stereocenters. The van der Waals surface area contributed by atoms with Gasteiger partial charge in [0.1, 0.15) is 5.82 Å². The second kappa shape index (κ2) is 5.37. The molecule has 0 amide bonds. The summed E-state index contributed by atoms with van der Waals surface area (Å²) < 4.78 is 0. The van der Waals surface area contributed by atoms with Crippen molar-refractivity contribution in [2.24, 2.45) is 0 Å².